The highest BCUT2D eigenvalue weighted by Gasteiger charge is 2.14. The molecule has 0 amide bonds. The van der Waals surface area contributed by atoms with E-state index in [1.807, 2.05) is 44.2 Å². The molecule has 0 spiro atoms. The Labute approximate surface area is 129 Å². The van der Waals surface area contributed by atoms with Crippen LogP contribution in [0.3, 0.4) is 0 Å². The smallest absolute Gasteiger partial charge is 0.175 e. The van der Waals surface area contributed by atoms with Crippen LogP contribution >= 0.6 is 15.9 Å². The quantitative estimate of drug-likeness (QED) is 0.779. The number of carbonyl (C=O) groups excluding carboxylic acids is 1. The molecule has 0 saturated heterocycles. The van der Waals surface area contributed by atoms with Crippen molar-refractivity contribution < 1.29 is 9.00 Å². The molecule has 0 fully saturated rings. The molecule has 0 radical (unpaired) electrons. The Kier molecular flexibility index (Phi) is 4.89. The van der Waals surface area contributed by atoms with E-state index in [-0.39, 0.29) is 11.5 Å². The van der Waals surface area contributed by atoms with Crippen LogP contribution in [0, 0.1) is 13.8 Å². The minimum Gasteiger partial charge on any atom is -0.293 e. The topological polar surface area (TPSA) is 34.1 Å². The summed E-state index contributed by atoms with van der Waals surface area (Å²) in [6.07, 6.45) is 0. The molecule has 1 unspecified atom stereocenters. The van der Waals surface area contributed by atoms with Gasteiger partial charge in [0.25, 0.3) is 0 Å². The van der Waals surface area contributed by atoms with Crippen LogP contribution in [0.5, 0.6) is 0 Å². The van der Waals surface area contributed by atoms with Gasteiger partial charge in [-0.15, -0.1) is 0 Å². The first-order valence-electron chi connectivity index (χ1n) is 6.22. The Morgan fingerprint density at radius 2 is 1.90 bits per heavy atom. The Balaban J connectivity index is 2.19. The van der Waals surface area contributed by atoms with Gasteiger partial charge in [-0.25, -0.2) is 0 Å². The molecule has 0 saturated carbocycles. The van der Waals surface area contributed by atoms with Gasteiger partial charge in [0, 0.05) is 14.9 Å². The van der Waals surface area contributed by atoms with Crippen molar-refractivity contribution >= 4 is 32.5 Å². The number of ketones is 1. The molecule has 2 aromatic rings. The van der Waals surface area contributed by atoms with Gasteiger partial charge >= 0.3 is 0 Å². The number of aryl methyl sites for hydroxylation is 2. The first kappa shape index (κ1) is 15.1. The molecule has 104 valence electrons. The van der Waals surface area contributed by atoms with Crippen LogP contribution in [-0.4, -0.2) is 15.7 Å². The zero-order valence-corrected chi connectivity index (χ0v) is 13.8. The maximum Gasteiger partial charge on any atom is 0.175 e. The number of hydrogen-bond donors (Lipinski definition) is 0. The third kappa shape index (κ3) is 3.64. The predicted octanol–water partition coefficient (Wildman–Crippen LogP) is 4.06. The van der Waals surface area contributed by atoms with Gasteiger partial charge in [0.15, 0.2) is 5.78 Å². The third-order valence-corrected chi connectivity index (χ3v) is 4.81. The fraction of sp³-hybridized carbons (Fsp3) is 0.188. The summed E-state index contributed by atoms with van der Waals surface area (Å²) >= 11 is 3.34. The molecule has 1 atom stereocenters. The number of hydrogen-bond acceptors (Lipinski definition) is 2. The van der Waals surface area contributed by atoms with Gasteiger partial charge in [0.2, 0.25) is 0 Å². The van der Waals surface area contributed by atoms with Gasteiger partial charge in [0.05, 0.1) is 16.6 Å². The molecule has 0 aliphatic carbocycles. The van der Waals surface area contributed by atoms with Crippen LogP contribution in [0.25, 0.3) is 0 Å². The van der Waals surface area contributed by atoms with E-state index in [4.69, 9.17) is 0 Å². The summed E-state index contributed by atoms with van der Waals surface area (Å²) < 4.78 is 13.1. The van der Waals surface area contributed by atoms with E-state index in [1.54, 1.807) is 12.1 Å². The molecular formula is C16H15BrO2S. The molecule has 0 aromatic heterocycles. The Bertz CT molecular complexity index is 680. The van der Waals surface area contributed by atoms with Crippen LogP contribution in [0.15, 0.2) is 51.8 Å². The molecule has 4 heteroatoms. The average Bonchev–Trinajstić information content (AvgIpc) is 2.41. The maximum absolute atomic E-state index is 12.3. The lowest BCUT2D eigenvalue weighted by Crippen LogP contribution is -2.12. The van der Waals surface area contributed by atoms with E-state index >= 15 is 0 Å². The van der Waals surface area contributed by atoms with Crippen molar-refractivity contribution in [3.63, 3.8) is 0 Å². The van der Waals surface area contributed by atoms with E-state index in [9.17, 15) is 9.00 Å². The zero-order chi connectivity index (χ0) is 14.7. The maximum atomic E-state index is 12.3. The van der Waals surface area contributed by atoms with Crippen LogP contribution in [0.4, 0.5) is 0 Å². The van der Waals surface area contributed by atoms with Crippen molar-refractivity contribution in [2.75, 3.05) is 5.75 Å². The molecule has 0 aliphatic heterocycles. The van der Waals surface area contributed by atoms with Gasteiger partial charge in [-0.05, 0) is 43.7 Å². The van der Waals surface area contributed by atoms with Gasteiger partial charge in [-0.1, -0.05) is 39.7 Å². The lowest BCUT2D eigenvalue weighted by Gasteiger charge is -2.07. The van der Waals surface area contributed by atoms with Gasteiger partial charge < -0.3 is 0 Å². The number of rotatable bonds is 4. The van der Waals surface area contributed by atoms with E-state index in [1.165, 1.54) is 0 Å². The zero-order valence-electron chi connectivity index (χ0n) is 11.4. The van der Waals surface area contributed by atoms with Gasteiger partial charge in [0.1, 0.15) is 0 Å². The van der Waals surface area contributed by atoms with Crippen molar-refractivity contribution in [3.05, 3.63) is 63.6 Å². The predicted molar refractivity (Wildman–Crippen MR) is 85.7 cm³/mol. The fourth-order valence-electron chi connectivity index (χ4n) is 1.93. The highest BCUT2D eigenvalue weighted by Crippen LogP contribution is 2.17. The number of carbonyl (C=O) groups is 1. The second-order valence-electron chi connectivity index (χ2n) is 4.69. The van der Waals surface area contributed by atoms with Crippen LogP contribution in [0.1, 0.15) is 21.5 Å². The molecule has 0 bridgehead atoms. The molecule has 0 heterocycles. The van der Waals surface area contributed by atoms with Crippen LogP contribution in [0.2, 0.25) is 0 Å². The second-order valence-corrected chi connectivity index (χ2v) is 7.06. The van der Waals surface area contributed by atoms with E-state index in [0.29, 0.717) is 10.5 Å². The lowest BCUT2D eigenvalue weighted by atomic mass is 10.0. The molecule has 2 rings (SSSR count). The minimum absolute atomic E-state index is 0.0146. The Morgan fingerprint density at radius 1 is 1.15 bits per heavy atom. The normalized spacial score (nSPS) is 12.2. The average molecular weight is 351 g/mol. The van der Waals surface area contributed by atoms with E-state index in [2.05, 4.69) is 15.9 Å². The van der Waals surface area contributed by atoms with Crippen LogP contribution < -0.4 is 0 Å². The molecule has 0 N–H and O–H groups in total. The van der Waals surface area contributed by atoms with Crippen molar-refractivity contribution in [3.8, 4) is 0 Å². The summed E-state index contributed by atoms with van der Waals surface area (Å²) in [4.78, 5) is 12.9. The van der Waals surface area contributed by atoms with E-state index < -0.39 is 10.8 Å². The minimum atomic E-state index is -1.32. The fourth-order valence-corrected chi connectivity index (χ4v) is 3.52. The molecule has 2 aromatic carbocycles. The summed E-state index contributed by atoms with van der Waals surface area (Å²) in [5.74, 6) is -0.0645. The van der Waals surface area contributed by atoms with E-state index in [0.717, 1.165) is 15.6 Å². The van der Waals surface area contributed by atoms with Gasteiger partial charge in [-0.3, -0.25) is 9.00 Å². The molecule has 20 heavy (non-hydrogen) atoms. The number of halogens is 1. The largest absolute Gasteiger partial charge is 0.293 e. The Hall–Kier alpha value is -1.26. The Morgan fingerprint density at radius 3 is 2.60 bits per heavy atom. The molecule has 2 nitrogen and oxygen atoms in total. The first-order chi connectivity index (χ1) is 9.47. The summed E-state index contributed by atoms with van der Waals surface area (Å²) in [5, 5.41) is 0. The molecule has 0 aliphatic rings. The van der Waals surface area contributed by atoms with Crippen molar-refractivity contribution in [1.82, 2.24) is 0 Å². The SMILES string of the molecule is Cc1ccc(C)c(C(=O)CS(=O)c2cccc(Br)c2)c1. The number of Topliss-reactive ketones (excluding diaryl/α,β-unsaturated/α-hetero) is 1. The first-order valence-corrected chi connectivity index (χ1v) is 8.33. The second kappa shape index (κ2) is 6.46. The van der Waals surface area contributed by atoms with Crippen molar-refractivity contribution in [2.24, 2.45) is 0 Å². The summed E-state index contributed by atoms with van der Waals surface area (Å²) in [6.45, 7) is 3.84. The van der Waals surface area contributed by atoms with Crippen molar-refractivity contribution in [1.29, 1.82) is 0 Å². The number of benzene rings is 2. The summed E-state index contributed by atoms with van der Waals surface area (Å²) in [7, 11) is -1.32. The lowest BCUT2D eigenvalue weighted by molar-refractivity contribution is 0.102. The summed E-state index contributed by atoms with van der Waals surface area (Å²) in [5.41, 5.74) is 2.62. The highest BCUT2D eigenvalue weighted by molar-refractivity contribution is 9.10. The van der Waals surface area contributed by atoms with Crippen molar-refractivity contribution in [2.45, 2.75) is 18.7 Å². The van der Waals surface area contributed by atoms with Crippen LogP contribution in [-0.2, 0) is 10.8 Å². The third-order valence-electron chi connectivity index (χ3n) is 3.01. The monoisotopic (exact) mass is 350 g/mol. The summed E-state index contributed by atoms with van der Waals surface area (Å²) in [6, 6.07) is 13.0. The highest BCUT2D eigenvalue weighted by atomic mass is 79.9. The van der Waals surface area contributed by atoms with Gasteiger partial charge in [-0.2, -0.15) is 0 Å². The molecular weight excluding hydrogens is 336 g/mol. The standard InChI is InChI=1S/C16H15BrO2S/c1-11-6-7-12(2)15(8-11)16(18)10-20(19)14-5-3-4-13(17)9-14/h3-9H,10H2,1-2H3.